The number of aliphatic hydroxyl groups is 3. The van der Waals surface area contributed by atoms with E-state index < -0.39 is 36.4 Å². The number of nitrogens with zero attached hydrogens (tertiary/aromatic N) is 1. The summed E-state index contributed by atoms with van der Waals surface area (Å²) in [6.45, 7) is 1.68. The van der Waals surface area contributed by atoms with Gasteiger partial charge in [-0.05, 0) is 42.7 Å². The Kier molecular flexibility index (Phi) is 6.08. The molecule has 0 bridgehead atoms. The number of amides is 1. The molecule has 1 fully saturated rings. The van der Waals surface area contributed by atoms with Crippen molar-refractivity contribution in [2.75, 3.05) is 6.54 Å². The minimum atomic E-state index is -1.27. The molecule has 1 saturated heterocycles. The fraction of sp³-hybridized carbons (Fsp3) is 0.450. The van der Waals surface area contributed by atoms with Crippen molar-refractivity contribution in [3.05, 3.63) is 48.0 Å². The van der Waals surface area contributed by atoms with Gasteiger partial charge in [-0.25, -0.2) is 5.06 Å². The molecule has 0 spiro atoms. The zero-order valence-electron chi connectivity index (χ0n) is 15.1. The summed E-state index contributed by atoms with van der Waals surface area (Å²) in [6.07, 6.45) is -4.19. The maximum Gasteiger partial charge on any atom is 0.277 e. The predicted octanol–water partition coefficient (Wildman–Crippen LogP) is 1.32. The molecule has 2 aromatic carbocycles. The van der Waals surface area contributed by atoms with E-state index in [9.17, 15) is 25.3 Å². The molecular weight excluding hydrogens is 350 g/mol. The highest BCUT2D eigenvalue weighted by atomic mass is 16.5. The van der Waals surface area contributed by atoms with Crippen LogP contribution in [0.1, 0.15) is 30.1 Å². The van der Waals surface area contributed by atoms with Gasteiger partial charge in [0.2, 0.25) is 0 Å². The fourth-order valence-electron chi connectivity index (χ4n) is 3.39. The lowest BCUT2D eigenvalue weighted by atomic mass is 9.93. The van der Waals surface area contributed by atoms with Crippen LogP contribution in [0.25, 0.3) is 10.8 Å². The second kappa shape index (κ2) is 8.33. The Morgan fingerprint density at radius 1 is 1.04 bits per heavy atom. The number of fused-ring (bicyclic) bond motifs is 1. The van der Waals surface area contributed by atoms with Crippen LogP contribution in [-0.2, 0) is 4.74 Å². The molecule has 7 nitrogen and oxygen atoms in total. The molecule has 7 heteroatoms. The molecule has 0 saturated carbocycles. The SMILES string of the molecule is C[C@@H]1O[C@@H](CCCN(O)C(=O)c2ccc3ccccc3c2)[C@@H](O)[C@H](O)[C@@H]1O. The number of hydrogen-bond donors (Lipinski definition) is 4. The van der Waals surface area contributed by atoms with Gasteiger partial charge in [-0.2, -0.15) is 0 Å². The van der Waals surface area contributed by atoms with Crippen LogP contribution in [0, 0.1) is 0 Å². The number of carbonyl (C=O) groups is 1. The first kappa shape index (κ1) is 19.7. The zero-order valence-corrected chi connectivity index (χ0v) is 15.1. The summed E-state index contributed by atoms with van der Waals surface area (Å²) < 4.78 is 5.51. The van der Waals surface area contributed by atoms with Gasteiger partial charge in [0.1, 0.15) is 18.3 Å². The molecule has 0 radical (unpaired) electrons. The van der Waals surface area contributed by atoms with Gasteiger partial charge in [0.15, 0.2) is 0 Å². The number of hydroxylamine groups is 2. The van der Waals surface area contributed by atoms with Crippen LogP contribution in [0.2, 0.25) is 0 Å². The third-order valence-electron chi connectivity index (χ3n) is 5.04. The molecule has 27 heavy (non-hydrogen) atoms. The van der Waals surface area contributed by atoms with Crippen LogP contribution in [0.3, 0.4) is 0 Å². The van der Waals surface area contributed by atoms with E-state index in [1.165, 1.54) is 0 Å². The van der Waals surface area contributed by atoms with Crippen molar-refractivity contribution < 1.29 is 30.1 Å². The summed E-state index contributed by atoms with van der Waals surface area (Å²) in [5.74, 6) is -0.505. The molecular formula is C20H25NO6. The number of rotatable bonds is 5. The highest BCUT2D eigenvalue weighted by molar-refractivity contribution is 5.98. The number of ether oxygens (including phenoxy) is 1. The molecule has 1 aliphatic heterocycles. The molecule has 5 atom stereocenters. The van der Waals surface area contributed by atoms with Gasteiger partial charge in [-0.15, -0.1) is 0 Å². The van der Waals surface area contributed by atoms with Crippen molar-refractivity contribution in [3.63, 3.8) is 0 Å². The zero-order chi connectivity index (χ0) is 19.6. The van der Waals surface area contributed by atoms with Gasteiger partial charge in [-0.1, -0.05) is 30.3 Å². The Hall–Kier alpha value is -2.03. The van der Waals surface area contributed by atoms with Gasteiger partial charge in [0.05, 0.1) is 12.2 Å². The molecule has 3 rings (SSSR count). The van der Waals surface area contributed by atoms with Gasteiger partial charge < -0.3 is 20.1 Å². The predicted molar refractivity (Wildman–Crippen MR) is 98.4 cm³/mol. The second-order valence-corrected chi connectivity index (χ2v) is 6.98. The van der Waals surface area contributed by atoms with E-state index in [0.717, 1.165) is 10.8 Å². The highest BCUT2D eigenvalue weighted by Crippen LogP contribution is 2.24. The standard InChI is InChI=1S/C20H25NO6/c1-12-17(22)19(24)18(23)16(27-12)7-4-10-21(26)20(25)15-9-8-13-5-2-3-6-14(13)11-15/h2-3,5-6,8-9,11-12,16-19,22-24,26H,4,7,10H2,1H3/t12-,16-,17+,18+,19+/m0/s1. The summed E-state index contributed by atoms with van der Waals surface area (Å²) in [7, 11) is 0. The summed E-state index contributed by atoms with van der Waals surface area (Å²) in [6, 6.07) is 12.9. The molecule has 1 heterocycles. The number of carbonyl (C=O) groups excluding carboxylic acids is 1. The van der Waals surface area contributed by atoms with Crippen LogP contribution in [0.5, 0.6) is 0 Å². The van der Waals surface area contributed by atoms with Crippen molar-refractivity contribution >= 4 is 16.7 Å². The van der Waals surface area contributed by atoms with E-state index in [1.807, 2.05) is 30.3 Å². The van der Waals surface area contributed by atoms with Crippen LogP contribution in [-0.4, -0.2) is 68.6 Å². The minimum Gasteiger partial charge on any atom is -0.388 e. The van der Waals surface area contributed by atoms with E-state index in [4.69, 9.17) is 4.74 Å². The Balaban J connectivity index is 1.55. The normalized spacial score (nSPS) is 28.3. The van der Waals surface area contributed by atoms with Crippen molar-refractivity contribution in [3.8, 4) is 0 Å². The lowest BCUT2D eigenvalue weighted by molar-refractivity contribution is -0.219. The lowest BCUT2D eigenvalue weighted by Gasteiger charge is -2.39. The van der Waals surface area contributed by atoms with Crippen LogP contribution in [0.4, 0.5) is 0 Å². The average molecular weight is 375 g/mol. The van der Waals surface area contributed by atoms with Crippen molar-refractivity contribution in [1.82, 2.24) is 5.06 Å². The first-order chi connectivity index (χ1) is 12.9. The second-order valence-electron chi connectivity index (χ2n) is 6.98. The van der Waals surface area contributed by atoms with Crippen molar-refractivity contribution in [1.29, 1.82) is 0 Å². The number of benzene rings is 2. The molecule has 2 aromatic rings. The van der Waals surface area contributed by atoms with Gasteiger partial charge in [0.25, 0.3) is 5.91 Å². The van der Waals surface area contributed by atoms with E-state index in [1.54, 1.807) is 19.1 Å². The van der Waals surface area contributed by atoms with Crippen LogP contribution < -0.4 is 0 Å². The third-order valence-corrected chi connectivity index (χ3v) is 5.04. The molecule has 4 N–H and O–H groups in total. The smallest absolute Gasteiger partial charge is 0.277 e. The molecule has 1 aliphatic rings. The summed E-state index contributed by atoms with van der Waals surface area (Å²) >= 11 is 0. The Morgan fingerprint density at radius 2 is 1.74 bits per heavy atom. The Labute approximate surface area is 157 Å². The largest absolute Gasteiger partial charge is 0.388 e. The van der Waals surface area contributed by atoms with Crippen LogP contribution >= 0.6 is 0 Å². The van der Waals surface area contributed by atoms with Gasteiger partial charge >= 0.3 is 0 Å². The molecule has 0 unspecified atom stereocenters. The first-order valence-electron chi connectivity index (χ1n) is 9.07. The molecule has 0 aliphatic carbocycles. The topological polar surface area (TPSA) is 110 Å². The number of aliphatic hydroxyl groups excluding tert-OH is 3. The molecule has 146 valence electrons. The third kappa shape index (κ3) is 4.28. The first-order valence-corrected chi connectivity index (χ1v) is 9.07. The van der Waals surface area contributed by atoms with Crippen LogP contribution in [0.15, 0.2) is 42.5 Å². The molecule has 1 amide bonds. The van der Waals surface area contributed by atoms with Gasteiger partial charge in [0, 0.05) is 12.1 Å². The summed E-state index contributed by atoms with van der Waals surface area (Å²) in [5.41, 5.74) is 0.386. The highest BCUT2D eigenvalue weighted by Gasteiger charge is 2.41. The monoisotopic (exact) mass is 375 g/mol. The van der Waals surface area contributed by atoms with E-state index in [2.05, 4.69) is 0 Å². The average Bonchev–Trinajstić information content (AvgIpc) is 2.69. The van der Waals surface area contributed by atoms with Crippen molar-refractivity contribution in [2.45, 2.75) is 50.3 Å². The number of hydrogen-bond acceptors (Lipinski definition) is 6. The quantitative estimate of drug-likeness (QED) is 0.463. The Bertz CT molecular complexity index is 797. The fourth-order valence-corrected chi connectivity index (χ4v) is 3.39. The summed E-state index contributed by atoms with van der Waals surface area (Å²) in [5, 5.41) is 42.2. The summed E-state index contributed by atoms with van der Waals surface area (Å²) in [4.78, 5) is 12.4. The maximum atomic E-state index is 12.4. The van der Waals surface area contributed by atoms with E-state index in [0.29, 0.717) is 23.5 Å². The molecule has 0 aromatic heterocycles. The minimum absolute atomic E-state index is 0.0608. The van der Waals surface area contributed by atoms with E-state index >= 15 is 0 Å². The van der Waals surface area contributed by atoms with Crippen molar-refractivity contribution in [2.24, 2.45) is 0 Å². The Morgan fingerprint density at radius 3 is 2.48 bits per heavy atom. The van der Waals surface area contributed by atoms with E-state index in [-0.39, 0.29) is 6.54 Å². The maximum absolute atomic E-state index is 12.4. The van der Waals surface area contributed by atoms with Gasteiger partial charge in [-0.3, -0.25) is 10.0 Å². The lowest BCUT2D eigenvalue weighted by Crippen LogP contribution is -2.56.